The van der Waals surface area contributed by atoms with E-state index in [9.17, 15) is 4.79 Å². The molecule has 0 amide bonds. The molecule has 2 saturated heterocycles. The van der Waals surface area contributed by atoms with E-state index in [2.05, 4.69) is 44.1 Å². The lowest BCUT2D eigenvalue weighted by Gasteiger charge is -2.37. The van der Waals surface area contributed by atoms with E-state index < -0.39 is 5.79 Å². The molecule has 0 aliphatic carbocycles. The highest BCUT2D eigenvalue weighted by atomic mass is 35.5. The van der Waals surface area contributed by atoms with E-state index in [1.807, 2.05) is 54.9 Å². The Labute approximate surface area is 295 Å². The Morgan fingerprint density at radius 3 is 2.24 bits per heavy atom. The summed E-state index contributed by atoms with van der Waals surface area (Å²) in [6.07, 6.45) is 7.44. The number of ether oxygens (including phenoxy) is 3. The summed E-state index contributed by atoms with van der Waals surface area (Å²) in [5, 5.41) is 5.32. The molecular weight excluding hydrogens is 665 g/mol. The van der Waals surface area contributed by atoms with Crippen molar-refractivity contribution in [1.29, 1.82) is 0 Å². The number of anilines is 2. The Bertz CT molecular complexity index is 1910. The first-order chi connectivity index (χ1) is 23.8. The number of benzene rings is 3. The first-order valence-electron chi connectivity index (χ1n) is 16.5. The lowest BCUT2D eigenvalue weighted by molar-refractivity contribution is -0.189. The molecule has 0 N–H and O–H groups in total. The molecule has 2 aliphatic heterocycles. The highest BCUT2D eigenvalue weighted by molar-refractivity contribution is 6.35. The minimum Gasteiger partial charge on any atom is -0.491 e. The smallest absolute Gasteiger partial charge is 0.350 e. The summed E-state index contributed by atoms with van der Waals surface area (Å²) in [6.45, 7) is 8.66. The van der Waals surface area contributed by atoms with Gasteiger partial charge in [0.05, 0.1) is 36.2 Å². The molecule has 5 aromatic rings. The zero-order valence-electron chi connectivity index (χ0n) is 27.5. The molecule has 11 nitrogen and oxygen atoms in total. The Balaban J connectivity index is 0.925. The van der Waals surface area contributed by atoms with Crippen LogP contribution in [0.25, 0.3) is 5.69 Å². The summed E-state index contributed by atoms with van der Waals surface area (Å²) < 4.78 is 24.0. The Kier molecular flexibility index (Phi) is 9.68. The summed E-state index contributed by atoms with van der Waals surface area (Å²) in [7, 11) is 0. The van der Waals surface area contributed by atoms with Gasteiger partial charge in [0, 0.05) is 60.5 Å². The molecule has 3 atom stereocenters. The molecule has 2 aliphatic rings. The Hall–Kier alpha value is -4.29. The quantitative estimate of drug-likeness (QED) is 0.161. The summed E-state index contributed by atoms with van der Waals surface area (Å²) in [5.74, 6) is -0.335. The molecule has 7 rings (SSSR count). The zero-order chi connectivity index (χ0) is 34.0. The fourth-order valence-corrected chi connectivity index (χ4v) is 6.89. The molecule has 2 aromatic heterocycles. The van der Waals surface area contributed by atoms with Crippen LogP contribution >= 0.6 is 23.2 Å². The van der Waals surface area contributed by atoms with Gasteiger partial charge < -0.3 is 28.6 Å². The van der Waals surface area contributed by atoms with Crippen molar-refractivity contribution in [3.8, 4) is 11.4 Å². The SMILES string of the molecule is CC[C@@H](C)n1ncn(-c2ccc(N3CCN(c4ccc(OC[C@@H]5CO[C@](Cn6ccnc6)(c6ccc(Cl)cc6Cl)O5)cc4)CC3)cc2)c1=O. The van der Waals surface area contributed by atoms with E-state index >= 15 is 0 Å². The maximum atomic E-state index is 12.8. The van der Waals surface area contributed by atoms with Gasteiger partial charge in [-0.1, -0.05) is 36.2 Å². The first kappa shape index (κ1) is 33.2. The van der Waals surface area contributed by atoms with Crippen molar-refractivity contribution in [3.63, 3.8) is 0 Å². The van der Waals surface area contributed by atoms with Crippen LogP contribution in [-0.2, 0) is 21.8 Å². The molecule has 0 saturated carbocycles. The van der Waals surface area contributed by atoms with Gasteiger partial charge in [-0.2, -0.15) is 5.10 Å². The van der Waals surface area contributed by atoms with Gasteiger partial charge >= 0.3 is 5.69 Å². The largest absolute Gasteiger partial charge is 0.491 e. The summed E-state index contributed by atoms with van der Waals surface area (Å²) in [5.41, 5.74) is 3.70. The van der Waals surface area contributed by atoms with Crippen molar-refractivity contribution in [2.24, 2.45) is 0 Å². The van der Waals surface area contributed by atoms with Crippen LogP contribution in [0.3, 0.4) is 0 Å². The lowest BCUT2D eigenvalue weighted by Crippen LogP contribution is -2.46. The fraction of sp³-hybridized carbons (Fsp3) is 0.361. The summed E-state index contributed by atoms with van der Waals surface area (Å²) in [6, 6.07) is 21.7. The van der Waals surface area contributed by atoms with Crippen LogP contribution in [0.4, 0.5) is 11.4 Å². The predicted octanol–water partition coefficient (Wildman–Crippen LogP) is 6.18. The average molecular weight is 705 g/mol. The molecule has 0 unspecified atom stereocenters. The van der Waals surface area contributed by atoms with Crippen LogP contribution in [0.5, 0.6) is 5.75 Å². The minimum absolute atomic E-state index is 0.0662. The van der Waals surface area contributed by atoms with Crippen LogP contribution in [0.15, 0.2) is 96.6 Å². The molecular formula is C36H39Cl2N7O4. The number of aromatic nitrogens is 5. The van der Waals surface area contributed by atoms with Crippen molar-refractivity contribution in [2.45, 2.75) is 44.7 Å². The number of hydrogen-bond donors (Lipinski definition) is 0. The van der Waals surface area contributed by atoms with Crippen molar-refractivity contribution in [2.75, 3.05) is 49.2 Å². The molecule has 2 fully saturated rings. The van der Waals surface area contributed by atoms with Crippen molar-refractivity contribution >= 4 is 34.6 Å². The van der Waals surface area contributed by atoms with Crippen molar-refractivity contribution in [1.82, 2.24) is 23.9 Å². The number of imidazole rings is 1. The van der Waals surface area contributed by atoms with E-state index in [0.29, 0.717) is 35.4 Å². The second-order valence-corrected chi connectivity index (χ2v) is 13.3. The van der Waals surface area contributed by atoms with Crippen molar-refractivity contribution < 1.29 is 14.2 Å². The van der Waals surface area contributed by atoms with E-state index in [4.69, 9.17) is 37.4 Å². The van der Waals surface area contributed by atoms with Gasteiger partial charge in [0.1, 0.15) is 24.8 Å². The van der Waals surface area contributed by atoms with Crippen LogP contribution in [-0.4, -0.2) is 69.4 Å². The maximum Gasteiger partial charge on any atom is 0.350 e. The van der Waals surface area contributed by atoms with Gasteiger partial charge in [0.25, 0.3) is 0 Å². The molecule has 0 spiro atoms. The Morgan fingerprint density at radius 1 is 0.939 bits per heavy atom. The molecule has 13 heteroatoms. The predicted molar refractivity (Wildman–Crippen MR) is 190 cm³/mol. The van der Waals surface area contributed by atoms with Gasteiger partial charge in [-0.15, -0.1) is 0 Å². The van der Waals surface area contributed by atoms with E-state index in [-0.39, 0.29) is 17.8 Å². The molecule has 3 aromatic carbocycles. The summed E-state index contributed by atoms with van der Waals surface area (Å²) in [4.78, 5) is 21.7. The third kappa shape index (κ3) is 7.07. The average Bonchev–Trinajstić information content (AvgIpc) is 3.88. The summed E-state index contributed by atoms with van der Waals surface area (Å²) >= 11 is 12.8. The first-order valence-corrected chi connectivity index (χ1v) is 17.3. The Morgan fingerprint density at radius 2 is 1.61 bits per heavy atom. The standard InChI is InChI=1S/C36H39Cl2N7O4/c1-3-26(2)45-35(46)44(25-40-45)30-7-5-28(6-8-30)42-16-18-43(19-17-42)29-9-11-31(12-10-29)47-21-32-22-48-36(49-32,23-41-15-14-39-24-41)33-13-4-27(37)20-34(33)38/h4-15,20,24-26,32H,3,16-19,21-23H2,1-2H3/t26-,32-,36+/m1/s1. The third-order valence-electron chi connectivity index (χ3n) is 9.26. The van der Waals surface area contributed by atoms with Gasteiger partial charge in [-0.25, -0.2) is 19.0 Å². The van der Waals surface area contributed by atoms with E-state index in [0.717, 1.165) is 55.4 Å². The van der Waals surface area contributed by atoms with Crippen LogP contribution in [0.1, 0.15) is 31.9 Å². The zero-order valence-corrected chi connectivity index (χ0v) is 29.0. The van der Waals surface area contributed by atoms with Gasteiger partial charge in [0.2, 0.25) is 5.79 Å². The number of halogens is 2. The second-order valence-electron chi connectivity index (χ2n) is 12.4. The monoisotopic (exact) mass is 703 g/mol. The molecule has 0 bridgehead atoms. The van der Waals surface area contributed by atoms with Gasteiger partial charge in [0.15, 0.2) is 0 Å². The number of hydrogen-bond acceptors (Lipinski definition) is 8. The van der Waals surface area contributed by atoms with Gasteiger partial charge in [-0.3, -0.25) is 0 Å². The molecule has 256 valence electrons. The highest BCUT2D eigenvalue weighted by Crippen LogP contribution is 2.40. The second kappa shape index (κ2) is 14.3. The number of rotatable bonds is 11. The van der Waals surface area contributed by atoms with Crippen LogP contribution in [0.2, 0.25) is 10.0 Å². The molecule has 49 heavy (non-hydrogen) atoms. The lowest BCUT2D eigenvalue weighted by atomic mass is 10.1. The van der Waals surface area contributed by atoms with Crippen molar-refractivity contribution in [3.05, 3.63) is 118 Å². The maximum absolute atomic E-state index is 12.8. The fourth-order valence-electron chi connectivity index (χ4n) is 6.33. The van der Waals surface area contributed by atoms with Crippen LogP contribution in [0, 0.1) is 0 Å². The normalized spacial score (nSPS) is 20.1. The van der Waals surface area contributed by atoms with Gasteiger partial charge in [-0.05, 0) is 74.0 Å². The third-order valence-corrected chi connectivity index (χ3v) is 9.81. The topological polar surface area (TPSA) is 91.8 Å². The van der Waals surface area contributed by atoms with Crippen LogP contribution < -0.4 is 20.2 Å². The molecule has 4 heterocycles. The number of nitrogens with zero attached hydrogens (tertiary/aromatic N) is 7. The molecule has 0 radical (unpaired) electrons. The number of piperazine rings is 1. The minimum atomic E-state index is -1.10. The van der Waals surface area contributed by atoms with E-state index in [1.54, 1.807) is 40.2 Å². The van der Waals surface area contributed by atoms with E-state index in [1.165, 1.54) is 0 Å². The highest BCUT2D eigenvalue weighted by Gasteiger charge is 2.45.